The number of hydrogen-bond acceptors (Lipinski definition) is 3. The SMILES string of the molecule is COC(=O)C1(F)C=C(C)C=NC1. The van der Waals surface area contributed by atoms with Gasteiger partial charge in [0.1, 0.15) is 0 Å². The maximum Gasteiger partial charge on any atom is 0.349 e. The summed E-state index contributed by atoms with van der Waals surface area (Å²) in [6.07, 6.45) is 2.76. The highest BCUT2D eigenvalue weighted by Gasteiger charge is 2.38. The molecule has 0 N–H and O–H groups in total. The minimum Gasteiger partial charge on any atom is -0.466 e. The Morgan fingerprint density at radius 3 is 3.00 bits per heavy atom. The predicted octanol–water partition coefficient (Wildman–Crippen LogP) is 0.898. The van der Waals surface area contributed by atoms with Crippen molar-refractivity contribution in [3.8, 4) is 0 Å². The summed E-state index contributed by atoms with van der Waals surface area (Å²) < 4.78 is 17.9. The highest BCUT2D eigenvalue weighted by molar-refractivity contribution is 5.88. The first-order chi connectivity index (χ1) is 5.58. The van der Waals surface area contributed by atoms with Crippen molar-refractivity contribution < 1.29 is 13.9 Å². The van der Waals surface area contributed by atoms with Crippen molar-refractivity contribution in [2.45, 2.75) is 12.6 Å². The Hall–Kier alpha value is -1.19. The van der Waals surface area contributed by atoms with Crippen LogP contribution in [0.1, 0.15) is 6.92 Å². The Bertz CT molecular complexity index is 260. The second-order valence-corrected chi connectivity index (χ2v) is 2.71. The third-order valence-corrected chi connectivity index (χ3v) is 1.60. The largest absolute Gasteiger partial charge is 0.466 e. The van der Waals surface area contributed by atoms with E-state index in [2.05, 4.69) is 9.73 Å². The summed E-state index contributed by atoms with van der Waals surface area (Å²) in [7, 11) is 1.16. The number of dihydropyridines is 1. The van der Waals surface area contributed by atoms with E-state index in [-0.39, 0.29) is 6.54 Å². The van der Waals surface area contributed by atoms with Crippen LogP contribution in [0.2, 0.25) is 0 Å². The van der Waals surface area contributed by atoms with Gasteiger partial charge in [-0.25, -0.2) is 9.18 Å². The predicted molar refractivity (Wildman–Crippen MR) is 43.0 cm³/mol. The number of methoxy groups -OCH3 is 1. The van der Waals surface area contributed by atoms with Crippen molar-refractivity contribution >= 4 is 12.2 Å². The number of carbonyl (C=O) groups is 1. The van der Waals surface area contributed by atoms with Crippen LogP contribution in [0.3, 0.4) is 0 Å². The van der Waals surface area contributed by atoms with Gasteiger partial charge < -0.3 is 4.74 Å². The fourth-order valence-corrected chi connectivity index (χ4v) is 1.06. The molecule has 1 unspecified atom stereocenters. The number of allylic oxidation sites excluding steroid dienone is 1. The Morgan fingerprint density at radius 1 is 1.83 bits per heavy atom. The van der Waals surface area contributed by atoms with Crippen LogP contribution in [0, 0.1) is 0 Å². The standard InChI is InChI=1S/C8H10FNO2/c1-6-3-8(9,5-10-4-6)7(11)12-2/h3-4H,5H2,1-2H3. The van der Waals surface area contributed by atoms with Crippen molar-refractivity contribution in [2.24, 2.45) is 4.99 Å². The van der Waals surface area contributed by atoms with Gasteiger partial charge in [0.2, 0.25) is 5.67 Å². The fraction of sp³-hybridized carbons (Fsp3) is 0.500. The van der Waals surface area contributed by atoms with Crippen LogP contribution < -0.4 is 0 Å². The molecule has 1 aliphatic heterocycles. The van der Waals surface area contributed by atoms with Crippen LogP contribution in [0.25, 0.3) is 0 Å². The summed E-state index contributed by atoms with van der Waals surface area (Å²) in [5, 5.41) is 0. The average molecular weight is 171 g/mol. The highest BCUT2D eigenvalue weighted by atomic mass is 19.1. The molecule has 0 amide bonds. The van der Waals surface area contributed by atoms with Crippen molar-refractivity contribution in [3.63, 3.8) is 0 Å². The first-order valence-corrected chi connectivity index (χ1v) is 3.55. The summed E-state index contributed by atoms with van der Waals surface area (Å²) in [6, 6.07) is 0. The molecule has 1 heterocycles. The quantitative estimate of drug-likeness (QED) is 0.550. The van der Waals surface area contributed by atoms with Gasteiger partial charge in [0.15, 0.2) is 0 Å². The zero-order valence-corrected chi connectivity index (χ0v) is 7.00. The molecular formula is C8H10FNO2. The number of ether oxygens (including phenoxy) is 1. The van der Waals surface area contributed by atoms with E-state index in [4.69, 9.17) is 0 Å². The van der Waals surface area contributed by atoms with E-state index in [1.165, 1.54) is 12.3 Å². The smallest absolute Gasteiger partial charge is 0.349 e. The third kappa shape index (κ3) is 1.52. The molecule has 66 valence electrons. The lowest BCUT2D eigenvalue weighted by atomic mass is 10.0. The zero-order chi connectivity index (χ0) is 9.19. The first kappa shape index (κ1) is 8.90. The van der Waals surface area contributed by atoms with Crippen LogP contribution in [-0.2, 0) is 9.53 Å². The average Bonchev–Trinajstić information content (AvgIpc) is 2.02. The van der Waals surface area contributed by atoms with Gasteiger partial charge in [-0.1, -0.05) is 0 Å². The second kappa shape index (κ2) is 3.05. The van der Waals surface area contributed by atoms with Crippen LogP contribution in [0.4, 0.5) is 4.39 Å². The molecule has 1 rings (SSSR count). The molecule has 0 radical (unpaired) electrons. The molecule has 0 saturated carbocycles. The van der Waals surface area contributed by atoms with Gasteiger partial charge in [-0.3, -0.25) is 4.99 Å². The van der Waals surface area contributed by atoms with Gasteiger partial charge >= 0.3 is 5.97 Å². The van der Waals surface area contributed by atoms with E-state index >= 15 is 0 Å². The number of nitrogens with zero attached hydrogens (tertiary/aromatic N) is 1. The molecule has 3 nitrogen and oxygen atoms in total. The van der Waals surface area contributed by atoms with Gasteiger partial charge in [-0.2, -0.15) is 0 Å². The molecule has 0 aliphatic carbocycles. The molecule has 4 heteroatoms. The van der Waals surface area contributed by atoms with Gasteiger partial charge in [0.05, 0.1) is 13.7 Å². The summed E-state index contributed by atoms with van der Waals surface area (Å²) in [6.45, 7) is 1.50. The molecule has 0 aromatic carbocycles. The monoisotopic (exact) mass is 171 g/mol. The van der Waals surface area contributed by atoms with Crippen LogP contribution in [-0.4, -0.2) is 31.5 Å². The molecule has 0 aromatic heterocycles. The summed E-state index contributed by atoms with van der Waals surface area (Å²) in [4.78, 5) is 14.6. The Morgan fingerprint density at radius 2 is 2.50 bits per heavy atom. The molecule has 1 aliphatic rings. The van der Waals surface area contributed by atoms with Crippen LogP contribution in [0.5, 0.6) is 0 Å². The number of carbonyl (C=O) groups excluding carboxylic acids is 1. The van der Waals surface area contributed by atoms with Gasteiger partial charge in [0.25, 0.3) is 0 Å². The number of esters is 1. The minimum absolute atomic E-state index is 0.184. The lowest BCUT2D eigenvalue weighted by Gasteiger charge is -2.19. The molecule has 12 heavy (non-hydrogen) atoms. The topological polar surface area (TPSA) is 38.7 Å². The maximum atomic E-state index is 13.6. The Balaban J connectivity index is 2.87. The van der Waals surface area contributed by atoms with Gasteiger partial charge in [0, 0.05) is 6.21 Å². The second-order valence-electron chi connectivity index (χ2n) is 2.71. The molecule has 0 bridgehead atoms. The number of hydrogen-bond donors (Lipinski definition) is 0. The normalized spacial score (nSPS) is 28.1. The summed E-state index contributed by atoms with van der Waals surface area (Å²) in [5.41, 5.74) is -1.43. The molecule has 1 atom stereocenters. The van der Waals surface area contributed by atoms with Crippen molar-refractivity contribution in [1.82, 2.24) is 0 Å². The van der Waals surface area contributed by atoms with E-state index < -0.39 is 11.6 Å². The molecule has 0 saturated heterocycles. The van der Waals surface area contributed by atoms with Crippen LogP contribution >= 0.6 is 0 Å². The maximum absolute atomic E-state index is 13.6. The highest BCUT2D eigenvalue weighted by Crippen LogP contribution is 2.20. The van der Waals surface area contributed by atoms with Gasteiger partial charge in [-0.05, 0) is 18.6 Å². The molecule has 0 spiro atoms. The van der Waals surface area contributed by atoms with Crippen molar-refractivity contribution in [1.29, 1.82) is 0 Å². The van der Waals surface area contributed by atoms with E-state index in [9.17, 15) is 9.18 Å². The number of rotatable bonds is 1. The number of aliphatic imine (C=N–C) groups is 1. The Labute approximate surface area is 69.9 Å². The first-order valence-electron chi connectivity index (χ1n) is 3.55. The number of halogens is 1. The number of alkyl halides is 1. The zero-order valence-electron chi connectivity index (χ0n) is 7.00. The molecular weight excluding hydrogens is 161 g/mol. The summed E-state index contributed by atoms with van der Waals surface area (Å²) >= 11 is 0. The third-order valence-electron chi connectivity index (χ3n) is 1.60. The molecule has 0 fully saturated rings. The van der Waals surface area contributed by atoms with Crippen molar-refractivity contribution in [3.05, 3.63) is 11.6 Å². The van der Waals surface area contributed by atoms with E-state index in [1.54, 1.807) is 6.92 Å². The lowest BCUT2D eigenvalue weighted by molar-refractivity contribution is -0.150. The van der Waals surface area contributed by atoms with Crippen molar-refractivity contribution in [2.75, 3.05) is 13.7 Å². The Kier molecular flexibility index (Phi) is 2.26. The fourth-order valence-electron chi connectivity index (χ4n) is 1.06. The minimum atomic E-state index is -2.06. The van der Waals surface area contributed by atoms with E-state index in [0.29, 0.717) is 5.57 Å². The lowest BCUT2D eigenvalue weighted by Crippen LogP contribution is -2.37. The summed E-state index contributed by atoms with van der Waals surface area (Å²) in [5.74, 6) is -0.890. The molecule has 0 aromatic rings. The van der Waals surface area contributed by atoms with Gasteiger partial charge in [-0.15, -0.1) is 0 Å². The van der Waals surface area contributed by atoms with E-state index in [1.807, 2.05) is 0 Å². The van der Waals surface area contributed by atoms with E-state index in [0.717, 1.165) is 7.11 Å². The van der Waals surface area contributed by atoms with Crippen LogP contribution in [0.15, 0.2) is 16.6 Å².